The van der Waals surface area contributed by atoms with Gasteiger partial charge in [0.2, 0.25) is 0 Å². The van der Waals surface area contributed by atoms with Crippen molar-refractivity contribution in [3.05, 3.63) is 21.9 Å². The maximum absolute atomic E-state index is 5.77. The first-order valence-corrected chi connectivity index (χ1v) is 6.43. The van der Waals surface area contributed by atoms with E-state index in [0.717, 1.165) is 26.1 Å². The molecule has 0 aliphatic heterocycles. The molecule has 3 heteroatoms. The molecule has 0 saturated carbocycles. The number of hydrogen-bond donors (Lipinski definition) is 2. The van der Waals surface area contributed by atoms with E-state index >= 15 is 0 Å². The van der Waals surface area contributed by atoms with E-state index in [4.69, 9.17) is 5.73 Å². The second-order valence-electron chi connectivity index (χ2n) is 4.50. The summed E-state index contributed by atoms with van der Waals surface area (Å²) in [6, 6.07) is 2.17. The van der Waals surface area contributed by atoms with Gasteiger partial charge in [0.15, 0.2) is 0 Å². The molecule has 2 nitrogen and oxygen atoms in total. The van der Waals surface area contributed by atoms with E-state index in [-0.39, 0.29) is 5.41 Å². The third kappa shape index (κ3) is 3.59. The minimum Gasteiger partial charge on any atom is -0.330 e. The Morgan fingerprint density at radius 2 is 2.27 bits per heavy atom. The van der Waals surface area contributed by atoms with Gasteiger partial charge in [0.05, 0.1) is 0 Å². The molecule has 0 aliphatic rings. The van der Waals surface area contributed by atoms with Gasteiger partial charge in [-0.05, 0) is 42.3 Å². The van der Waals surface area contributed by atoms with Gasteiger partial charge in [-0.25, -0.2) is 0 Å². The fraction of sp³-hybridized carbons (Fsp3) is 0.667. The lowest BCUT2D eigenvalue weighted by Gasteiger charge is -2.26. The standard InChI is InChI=1S/C12H22N2S/c1-4-12(3,8-13)9-14-7-11-10(2)5-6-15-11/h5-6,14H,4,7-9,13H2,1-3H3. The first-order chi connectivity index (χ1) is 7.11. The van der Waals surface area contributed by atoms with Crippen molar-refractivity contribution in [3.63, 3.8) is 0 Å². The van der Waals surface area contributed by atoms with Gasteiger partial charge in [-0.1, -0.05) is 13.8 Å². The first-order valence-electron chi connectivity index (χ1n) is 5.55. The maximum Gasteiger partial charge on any atom is 0.0302 e. The van der Waals surface area contributed by atoms with Crippen LogP contribution in [0.1, 0.15) is 30.7 Å². The van der Waals surface area contributed by atoms with Gasteiger partial charge in [0, 0.05) is 18.0 Å². The van der Waals surface area contributed by atoms with Crippen LogP contribution < -0.4 is 11.1 Å². The van der Waals surface area contributed by atoms with Gasteiger partial charge in [-0.15, -0.1) is 11.3 Å². The lowest BCUT2D eigenvalue weighted by atomic mass is 9.88. The predicted octanol–water partition coefficient (Wildman–Crippen LogP) is 2.52. The molecule has 1 rings (SSSR count). The molecule has 3 N–H and O–H groups in total. The molecule has 0 amide bonds. The van der Waals surface area contributed by atoms with Gasteiger partial charge < -0.3 is 11.1 Å². The minimum absolute atomic E-state index is 0.241. The molecule has 1 unspecified atom stereocenters. The number of hydrogen-bond acceptors (Lipinski definition) is 3. The number of rotatable bonds is 6. The molecule has 0 aliphatic carbocycles. The Morgan fingerprint density at radius 3 is 2.73 bits per heavy atom. The Kier molecular flexibility index (Phi) is 4.77. The van der Waals surface area contributed by atoms with Crippen LogP contribution in [0, 0.1) is 12.3 Å². The lowest BCUT2D eigenvalue weighted by Crippen LogP contribution is -2.37. The number of aryl methyl sites for hydroxylation is 1. The number of nitrogens with two attached hydrogens (primary N) is 1. The van der Waals surface area contributed by atoms with Gasteiger partial charge in [-0.2, -0.15) is 0 Å². The summed E-state index contributed by atoms with van der Waals surface area (Å²) in [5.74, 6) is 0. The molecule has 0 radical (unpaired) electrons. The lowest BCUT2D eigenvalue weighted by molar-refractivity contribution is 0.303. The van der Waals surface area contributed by atoms with Crippen molar-refractivity contribution in [1.29, 1.82) is 0 Å². The Morgan fingerprint density at radius 1 is 1.53 bits per heavy atom. The van der Waals surface area contributed by atoms with Crippen LogP contribution in [0.2, 0.25) is 0 Å². The largest absolute Gasteiger partial charge is 0.330 e. The van der Waals surface area contributed by atoms with Crippen LogP contribution in [0.15, 0.2) is 11.4 Å². The summed E-state index contributed by atoms with van der Waals surface area (Å²) in [6.07, 6.45) is 1.12. The highest BCUT2D eigenvalue weighted by molar-refractivity contribution is 7.10. The van der Waals surface area contributed by atoms with Gasteiger partial charge in [0.1, 0.15) is 0 Å². The average molecular weight is 226 g/mol. The zero-order valence-corrected chi connectivity index (χ0v) is 10.8. The molecule has 86 valence electrons. The SMILES string of the molecule is CCC(C)(CN)CNCc1sccc1C. The Bertz CT molecular complexity index is 290. The van der Waals surface area contributed by atoms with Crippen LogP contribution in [-0.2, 0) is 6.54 Å². The topological polar surface area (TPSA) is 38.0 Å². The second kappa shape index (κ2) is 5.64. The van der Waals surface area contributed by atoms with Crippen LogP contribution in [0.5, 0.6) is 0 Å². The van der Waals surface area contributed by atoms with Crippen molar-refractivity contribution in [1.82, 2.24) is 5.32 Å². The fourth-order valence-corrected chi connectivity index (χ4v) is 2.28. The van der Waals surface area contributed by atoms with Crippen LogP contribution in [0.25, 0.3) is 0 Å². The molecule has 1 heterocycles. The Hall–Kier alpha value is -0.380. The van der Waals surface area contributed by atoms with Crippen molar-refractivity contribution in [2.24, 2.45) is 11.1 Å². The molecular formula is C12H22N2S. The van der Waals surface area contributed by atoms with Crippen LogP contribution in [-0.4, -0.2) is 13.1 Å². The molecular weight excluding hydrogens is 204 g/mol. The predicted molar refractivity (Wildman–Crippen MR) is 68.2 cm³/mol. The van der Waals surface area contributed by atoms with E-state index in [0.29, 0.717) is 0 Å². The molecule has 0 bridgehead atoms. The molecule has 0 spiro atoms. The summed E-state index contributed by atoms with van der Waals surface area (Å²) in [7, 11) is 0. The molecule has 0 fully saturated rings. The first kappa shape index (κ1) is 12.7. The zero-order valence-electron chi connectivity index (χ0n) is 9.97. The van der Waals surface area contributed by atoms with E-state index in [1.165, 1.54) is 10.4 Å². The fourth-order valence-electron chi connectivity index (χ4n) is 1.40. The van der Waals surface area contributed by atoms with Crippen molar-refractivity contribution in [2.75, 3.05) is 13.1 Å². The van der Waals surface area contributed by atoms with E-state index < -0.39 is 0 Å². The van der Waals surface area contributed by atoms with E-state index in [2.05, 4.69) is 37.5 Å². The van der Waals surface area contributed by atoms with E-state index in [1.807, 2.05) is 11.3 Å². The summed E-state index contributed by atoms with van der Waals surface area (Å²) >= 11 is 1.82. The summed E-state index contributed by atoms with van der Waals surface area (Å²) in [5, 5.41) is 5.65. The second-order valence-corrected chi connectivity index (χ2v) is 5.50. The highest BCUT2D eigenvalue weighted by atomic mass is 32.1. The zero-order chi connectivity index (χ0) is 11.3. The van der Waals surface area contributed by atoms with E-state index in [9.17, 15) is 0 Å². The third-order valence-electron chi connectivity index (χ3n) is 3.15. The smallest absolute Gasteiger partial charge is 0.0302 e. The van der Waals surface area contributed by atoms with Crippen molar-refractivity contribution in [2.45, 2.75) is 33.7 Å². The Labute approximate surface area is 96.9 Å². The monoisotopic (exact) mass is 226 g/mol. The average Bonchev–Trinajstić information content (AvgIpc) is 2.64. The number of thiophene rings is 1. The van der Waals surface area contributed by atoms with Crippen LogP contribution in [0.3, 0.4) is 0 Å². The van der Waals surface area contributed by atoms with Crippen LogP contribution >= 0.6 is 11.3 Å². The highest BCUT2D eigenvalue weighted by Gasteiger charge is 2.19. The molecule has 0 saturated heterocycles. The van der Waals surface area contributed by atoms with Gasteiger partial charge in [0.25, 0.3) is 0 Å². The van der Waals surface area contributed by atoms with Crippen molar-refractivity contribution in [3.8, 4) is 0 Å². The minimum atomic E-state index is 0.241. The summed E-state index contributed by atoms with van der Waals surface area (Å²) in [6.45, 7) is 9.32. The molecule has 1 atom stereocenters. The molecule has 0 aromatic carbocycles. The molecule has 1 aromatic rings. The van der Waals surface area contributed by atoms with Crippen molar-refractivity contribution < 1.29 is 0 Å². The normalized spacial score (nSPS) is 15.2. The third-order valence-corrected chi connectivity index (χ3v) is 4.17. The summed E-state index contributed by atoms with van der Waals surface area (Å²) < 4.78 is 0. The quantitative estimate of drug-likeness (QED) is 0.782. The summed E-state index contributed by atoms with van der Waals surface area (Å²) in [4.78, 5) is 1.44. The number of nitrogens with one attached hydrogen (secondary N) is 1. The maximum atomic E-state index is 5.77. The highest BCUT2D eigenvalue weighted by Crippen LogP contribution is 2.19. The molecule has 1 aromatic heterocycles. The molecule has 15 heavy (non-hydrogen) atoms. The van der Waals surface area contributed by atoms with Crippen LogP contribution in [0.4, 0.5) is 0 Å². The summed E-state index contributed by atoms with van der Waals surface area (Å²) in [5.41, 5.74) is 7.40. The van der Waals surface area contributed by atoms with Crippen molar-refractivity contribution >= 4 is 11.3 Å². The van der Waals surface area contributed by atoms with Gasteiger partial charge >= 0.3 is 0 Å². The Balaban J connectivity index is 2.36. The van der Waals surface area contributed by atoms with Gasteiger partial charge in [-0.3, -0.25) is 0 Å². The van der Waals surface area contributed by atoms with E-state index in [1.54, 1.807) is 0 Å².